The second kappa shape index (κ2) is 6.72. The van der Waals surface area contributed by atoms with Crippen molar-refractivity contribution in [2.24, 2.45) is 0 Å². The Morgan fingerprint density at radius 2 is 2.14 bits per heavy atom. The third-order valence-electron chi connectivity index (χ3n) is 3.04. The Labute approximate surface area is 136 Å². The van der Waals surface area contributed by atoms with Crippen molar-refractivity contribution in [1.82, 2.24) is 4.98 Å². The highest BCUT2D eigenvalue weighted by atomic mass is 32.1. The zero-order valence-corrected chi connectivity index (χ0v) is 13.5. The predicted octanol–water partition coefficient (Wildman–Crippen LogP) is 4.06. The molecule has 22 heavy (non-hydrogen) atoms. The first kappa shape index (κ1) is 14.7. The number of hydrogen-bond acceptors (Lipinski definition) is 5. The van der Waals surface area contributed by atoms with Gasteiger partial charge in [0.2, 0.25) is 5.91 Å². The van der Waals surface area contributed by atoms with E-state index < -0.39 is 0 Å². The van der Waals surface area contributed by atoms with Gasteiger partial charge in [-0.15, -0.1) is 11.3 Å². The number of thiophene rings is 1. The number of carbonyl (C=O) groups is 1. The second-order valence-electron chi connectivity index (χ2n) is 4.58. The SMILES string of the molecule is COc1ccccc1NC(=O)Cc1csc(-c2ccsc2)n1. The Morgan fingerprint density at radius 1 is 1.27 bits per heavy atom. The lowest BCUT2D eigenvalue weighted by Crippen LogP contribution is -2.15. The Kier molecular flexibility index (Phi) is 4.50. The van der Waals surface area contributed by atoms with Crippen molar-refractivity contribution in [1.29, 1.82) is 0 Å². The fraction of sp³-hybridized carbons (Fsp3) is 0.125. The molecule has 0 aliphatic carbocycles. The molecule has 0 fully saturated rings. The maximum Gasteiger partial charge on any atom is 0.230 e. The van der Waals surface area contributed by atoms with E-state index in [9.17, 15) is 4.79 Å². The Hall–Kier alpha value is -2.18. The van der Waals surface area contributed by atoms with Crippen LogP contribution in [0, 0.1) is 0 Å². The topological polar surface area (TPSA) is 51.2 Å². The minimum absolute atomic E-state index is 0.105. The Balaban J connectivity index is 1.67. The van der Waals surface area contributed by atoms with Gasteiger partial charge in [-0.2, -0.15) is 11.3 Å². The van der Waals surface area contributed by atoms with Crippen LogP contribution in [0.2, 0.25) is 0 Å². The minimum Gasteiger partial charge on any atom is -0.495 e. The van der Waals surface area contributed by atoms with Crippen molar-refractivity contribution in [2.45, 2.75) is 6.42 Å². The first-order valence-corrected chi connectivity index (χ1v) is 8.48. The van der Waals surface area contributed by atoms with Crippen molar-refractivity contribution < 1.29 is 9.53 Å². The number of ether oxygens (including phenoxy) is 1. The van der Waals surface area contributed by atoms with Gasteiger partial charge in [-0.1, -0.05) is 12.1 Å². The first-order chi connectivity index (χ1) is 10.8. The molecule has 2 aromatic heterocycles. The molecule has 0 bridgehead atoms. The smallest absolute Gasteiger partial charge is 0.230 e. The van der Waals surface area contributed by atoms with E-state index in [1.807, 2.05) is 41.1 Å². The van der Waals surface area contributed by atoms with E-state index >= 15 is 0 Å². The van der Waals surface area contributed by atoms with Crippen LogP contribution >= 0.6 is 22.7 Å². The van der Waals surface area contributed by atoms with Gasteiger partial charge in [0.05, 0.1) is 24.9 Å². The van der Waals surface area contributed by atoms with Crippen molar-refractivity contribution in [3.63, 3.8) is 0 Å². The van der Waals surface area contributed by atoms with Gasteiger partial charge in [-0.05, 0) is 23.6 Å². The van der Waals surface area contributed by atoms with Crippen molar-refractivity contribution in [2.75, 3.05) is 12.4 Å². The number of nitrogens with one attached hydrogen (secondary N) is 1. The number of anilines is 1. The fourth-order valence-electron chi connectivity index (χ4n) is 2.01. The van der Waals surface area contributed by atoms with Crippen LogP contribution in [0.15, 0.2) is 46.5 Å². The van der Waals surface area contributed by atoms with Crippen LogP contribution in [0.3, 0.4) is 0 Å². The highest BCUT2D eigenvalue weighted by Gasteiger charge is 2.11. The summed E-state index contributed by atoms with van der Waals surface area (Å²) >= 11 is 3.19. The van der Waals surface area contributed by atoms with Crippen molar-refractivity contribution in [3.8, 4) is 16.3 Å². The molecule has 6 heteroatoms. The first-order valence-electron chi connectivity index (χ1n) is 6.66. The van der Waals surface area contributed by atoms with Gasteiger partial charge in [0, 0.05) is 16.3 Å². The summed E-state index contributed by atoms with van der Waals surface area (Å²) in [6.07, 6.45) is 0.249. The molecule has 0 spiro atoms. The Morgan fingerprint density at radius 3 is 2.91 bits per heavy atom. The molecule has 1 N–H and O–H groups in total. The van der Waals surface area contributed by atoms with Gasteiger partial charge in [0.15, 0.2) is 0 Å². The zero-order chi connectivity index (χ0) is 15.4. The summed E-state index contributed by atoms with van der Waals surface area (Å²) in [5.41, 5.74) is 2.55. The average molecular weight is 330 g/mol. The number of rotatable bonds is 5. The van der Waals surface area contributed by atoms with Crippen molar-refractivity contribution in [3.05, 3.63) is 52.2 Å². The minimum atomic E-state index is -0.105. The van der Waals surface area contributed by atoms with E-state index in [0.29, 0.717) is 11.4 Å². The quantitative estimate of drug-likeness (QED) is 0.767. The lowest BCUT2D eigenvalue weighted by atomic mass is 10.2. The molecule has 4 nitrogen and oxygen atoms in total. The van der Waals surface area contributed by atoms with Gasteiger partial charge in [-0.3, -0.25) is 4.79 Å². The lowest BCUT2D eigenvalue weighted by Gasteiger charge is -2.08. The molecule has 112 valence electrons. The second-order valence-corrected chi connectivity index (χ2v) is 6.22. The summed E-state index contributed by atoms with van der Waals surface area (Å²) in [7, 11) is 1.58. The van der Waals surface area contributed by atoms with E-state index in [4.69, 9.17) is 4.74 Å². The van der Waals surface area contributed by atoms with Crippen LogP contribution in [-0.2, 0) is 11.2 Å². The zero-order valence-electron chi connectivity index (χ0n) is 11.9. The molecule has 3 rings (SSSR count). The van der Waals surface area contributed by atoms with Crippen LogP contribution < -0.4 is 10.1 Å². The third-order valence-corrected chi connectivity index (χ3v) is 4.67. The molecule has 0 aliphatic heterocycles. The number of amides is 1. The predicted molar refractivity (Wildman–Crippen MR) is 90.8 cm³/mol. The number of thiazole rings is 1. The number of para-hydroxylation sites is 2. The van der Waals surface area contributed by atoms with Gasteiger partial charge in [-0.25, -0.2) is 4.98 Å². The van der Waals surface area contributed by atoms with Gasteiger partial charge in [0.25, 0.3) is 0 Å². The largest absolute Gasteiger partial charge is 0.495 e. The highest BCUT2D eigenvalue weighted by molar-refractivity contribution is 7.14. The Bertz CT molecular complexity index is 766. The number of benzene rings is 1. The normalized spacial score (nSPS) is 10.4. The average Bonchev–Trinajstić information content (AvgIpc) is 3.18. The molecule has 2 heterocycles. The van der Waals surface area contributed by atoms with Gasteiger partial charge in [0.1, 0.15) is 10.8 Å². The summed E-state index contributed by atoms with van der Waals surface area (Å²) < 4.78 is 5.22. The summed E-state index contributed by atoms with van der Waals surface area (Å²) in [6.45, 7) is 0. The summed E-state index contributed by atoms with van der Waals surface area (Å²) in [6, 6.07) is 9.38. The van der Waals surface area contributed by atoms with E-state index in [1.54, 1.807) is 29.8 Å². The van der Waals surface area contributed by atoms with Crippen molar-refractivity contribution >= 4 is 34.3 Å². The summed E-state index contributed by atoms with van der Waals surface area (Å²) in [5.74, 6) is 0.541. The maximum absolute atomic E-state index is 12.1. The van der Waals surface area contributed by atoms with Crippen LogP contribution in [0.1, 0.15) is 5.69 Å². The molecule has 0 unspecified atom stereocenters. The lowest BCUT2D eigenvalue weighted by molar-refractivity contribution is -0.115. The number of methoxy groups -OCH3 is 1. The third kappa shape index (κ3) is 3.35. The highest BCUT2D eigenvalue weighted by Crippen LogP contribution is 2.26. The van der Waals surface area contributed by atoms with Crippen LogP contribution in [0.25, 0.3) is 10.6 Å². The molecule has 0 saturated heterocycles. The molecule has 0 saturated carbocycles. The number of aromatic nitrogens is 1. The van der Waals surface area contributed by atoms with E-state index in [1.165, 1.54) is 0 Å². The summed E-state index contributed by atoms with van der Waals surface area (Å²) in [5, 5.41) is 9.80. The van der Waals surface area contributed by atoms with E-state index in [0.717, 1.165) is 16.3 Å². The van der Waals surface area contributed by atoms with E-state index in [-0.39, 0.29) is 12.3 Å². The molecule has 0 aliphatic rings. The molecule has 3 aromatic rings. The van der Waals surface area contributed by atoms with Crippen LogP contribution in [-0.4, -0.2) is 18.0 Å². The molecular formula is C16H14N2O2S2. The van der Waals surface area contributed by atoms with Gasteiger partial charge >= 0.3 is 0 Å². The number of carbonyl (C=O) groups excluding carboxylic acids is 1. The number of hydrogen-bond donors (Lipinski definition) is 1. The number of nitrogens with zero attached hydrogens (tertiary/aromatic N) is 1. The van der Waals surface area contributed by atoms with Gasteiger partial charge < -0.3 is 10.1 Å². The molecular weight excluding hydrogens is 316 g/mol. The molecule has 0 radical (unpaired) electrons. The monoisotopic (exact) mass is 330 g/mol. The van der Waals surface area contributed by atoms with Crippen LogP contribution in [0.4, 0.5) is 5.69 Å². The maximum atomic E-state index is 12.1. The molecule has 1 amide bonds. The molecule has 0 atom stereocenters. The fourth-order valence-corrected chi connectivity index (χ4v) is 3.55. The van der Waals surface area contributed by atoms with Crippen LogP contribution in [0.5, 0.6) is 5.75 Å². The molecule has 1 aromatic carbocycles. The summed E-state index contributed by atoms with van der Waals surface area (Å²) in [4.78, 5) is 16.7. The van der Waals surface area contributed by atoms with E-state index in [2.05, 4.69) is 15.7 Å². The standard InChI is InChI=1S/C16H14N2O2S2/c1-20-14-5-3-2-4-13(14)18-15(19)8-12-10-22-16(17-12)11-6-7-21-9-11/h2-7,9-10H,8H2,1H3,(H,18,19).